The third-order valence-electron chi connectivity index (χ3n) is 3.02. The van der Waals surface area contributed by atoms with Crippen molar-refractivity contribution in [1.82, 2.24) is 0 Å². The largest absolute Gasteiger partial charge is 0.228 e. The molecular weight excluding hydrogens is 198 g/mol. The van der Waals surface area contributed by atoms with Gasteiger partial charge in [0.1, 0.15) is 0 Å². The molecule has 84 valence electrons. The Morgan fingerprint density at radius 1 is 0.786 bits per heavy atom. The quantitative estimate of drug-likeness (QED) is 0.734. The fourth-order valence-electron chi connectivity index (χ4n) is 2.10. The number of hydrogen-bond donors (Lipinski definition) is 1. The van der Waals surface area contributed by atoms with Crippen molar-refractivity contribution in [2.24, 2.45) is 5.14 Å². The highest BCUT2D eigenvalue weighted by atomic mass is 32.2. The fourth-order valence-corrected chi connectivity index (χ4v) is 3.09. The van der Waals surface area contributed by atoms with Crippen molar-refractivity contribution in [3.8, 4) is 0 Å². The summed E-state index contributed by atoms with van der Waals surface area (Å²) in [6, 6.07) is 0. The summed E-state index contributed by atoms with van der Waals surface area (Å²) in [5, 5.41) is 4.92. The van der Waals surface area contributed by atoms with Crippen LogP contribution in [-0.4, -0.2) is 13.7 Å². The van der Waals surface area contributed by atoms with Crippen LogP contribution in [0.5, 0.6) is 0 Å². The van der Waals surface area contributed by atoms with Crippen molar-refractivity contribution in [3.63, 3.8) is 0 Å². The second-order valence-corrected chi connectivity index (χ2v) is 6.11. The van der Waals surface area contributed by atoms with Crippen molar-refractivity contribution in [1.29, 1.82) is 0 Å². The minimum absolute atomic E-state index is 0.277. The average Bonchev–Trinajstić information content (AvgIpc) is 2.12. The van der Waals surface area contributed by atoms with Crippen LogP contribution < -0.4 is 5.14 Å². The standard InChI is InChI=1S/C10H21NO2S/c11-14(12,13)10-8-6-4-2-1-3-5-7-9-10/h10H,1-9H2,(H2,11,12,13). The first kappa shape index (κ1) is 12.0. The van der Waals surface area contributed by atoms with Crippen LogP contribution in [0.25, 0.3) is 0 Å². The smallest absolute Gasteiger partial charge is 0.211 e. The van der Waals surface area contributed by atoms with Crippen LogP contribution in [0.2, 0.25) is 0 Å². The maximum Gasteiger partial charge on any atom is 0.211 e. The lowest BCUT2D eigenvalue weighted by atomic mass is 10.0. The minimum atomic E-state index is -3.29. The molecule has 0 heterocycles. The molecule has 0 aromatic rings. The van der Waals surface area contributed by atoms with Crippen molar-refractivity contribution in [3.05, 3.63) is 0 Å². The molecule has 3 nitrogen and oxygen atoms in total. The van der Waals surface area contributed by atoms with E-state index in [1.807, 2.05) is 0 Å². The van der Waals surface area contributed by atoms with Crippen LogP contribution in [-0.2, 0) is 10.0 Å². The molecule has 1 rings (SSSR count). The topological polar surface area (TPSA) is 60.2 Å². The number of primary sulfonamides is 1. The lowest BCUT2D eigenvalue weighted by molar-refractivity contribution is 0.490. The first-order valence-corrected chi connectivity index (χ1v) is 7.23. The Morgan fingerprint density at radius 2 is 1.14 bits per heavy atom. The van der Waals surface area contributed by atoms with Crippen LogP contribution in [0.1, 0.15) is 57.8 Å². The Balaban J connectivity index is 2.47. The van der Waals surface area contributed by atoms with Crippen LogP contribution in [0, 0.1) is 0 Å². The highest BCUT2D eigenvalue weighted by Crippen LogP contribution is 2.20. The van der Waals surface area contributed by atoms with Gasteiger partial charge in [0.2, 0.25) is 10.0 Å². The van der Waals surface area contributed by atoms with Gasteiger partial charge < -0.3 is 0 Å². The van der Waals surface area contributed by atoms with E-state index >= 15 is 0 Å². The molecule has 0 radical (unpaired) electrons. The van der Waals surface area contributed by atoms with E-state index in [1.54, 1.807) is 0 Å². The Morgan fingerprint density at radius 3 is 1.50 bits per heavy atom. The zero-order chi connectivity index (χ0) is 10.4. The van der Waals surface area contributed by atoms with Gasteiger partial charge in [-0.15, -0.1) is 0 Å². The molecule has 0 unspecified atom stereocenters. The highest BCUT2D eigenvalue weighted by molar-refractivity contribution is 7.89. The average molecular weight is 219 g/mol. The molecule has 0 aromatic heterocycles. The van der Waals surface area contributed by atoms with Gasteiger partial charge in [0.15, 0.2) is 0 Å². The highest BCUT2D eigenvalue weighted by Gasteiger charge is 2.20. The van der Waals surface area contributed by atoms with Crippen LogP contribution in [0.3, 0.4) is 0 Å². The van der Waals surface area contributed by atoms with E-state index in [-0.39, 0.29) is 5.25 Å². The maximum absolute atomic E-state index is 11.2. The van der Waals surface area contributed by atoms with Gasteiger partial charge >= 0.3 is 0 Å². The molecule has 0 atom stereocenters. The Hall–Kier alpha value is -0.0900. The predicted octanol–water partition coefficient (Wildman–Crippen LogP) is 2.17. The molecule has 2 N–H and O–H groups in total. The summed E-state index contributed by atoms with van der Waals surface area (Å²) < 4.78 is 22.5. The predicted molar refractivity (Wildman–Crippen MR) is 58.4 cm³/mol. The Bertz CT molecular complexity index is 239. The summed E-state index contributed by atoms with van der Waals surface area (Å²) >= 11 is 0. The van der Waals surface area contributed by atoms with E-state index in [2.05, 4.69) is 0 Å². The molecule has 0 spiro atoms. The minimum Gasteiger partial charge on any atom is -0.228 e. The number of sulfonamides is 1. The molecule has 0 amide bonds. The molecule has 0 aromatic carbocycles. The van der Waals surface area contributed by atoms with Gasteiger partial charge in [-0.3, -0.25) is 0 Å². The second kappa shape index (κ2) is 5.71. The summed E-state index contributed by atoms with van der Waals surface area (Å²) in [6.07, 6.45) is 9.67. The summed E-state index contributed by atoms with van der Waals surface area (Å²) in [4.78, 5) is 0. The molecule has 0 saturated heterocycles. The van der Waals surface area contributed by atoms with E-state index in [0.29, 0.717) is 0 Å². The molecule has 14 heavy (non-hydrogen) atoms. The van der Waals surface area contributed by atoms with Crippen LogP contribution in [0.4, 0.5) is 0 Å². The molecule has 0 bridgehead atoms. The molecular formula is C10H21NO2S. The third-order valence-corrected chi connectivity index (χ3v) is 4.42. The molecule has 4 heteroatoms. The summed E-state index contributed by atoms with van der Waals surface area (Å²) in [5.41, 5.74) is 0. The van der Waals surface area contributed by atoms with Crippen LogP contribution in [0.15, 0.2) is 0 Å². The summed E-state index contributed by atoms with van der Waals surface area (Å²) in [6.45, 7) is 0. The van der Waals surface area contributed by atoms with E-state index in [9.17, 15) is 8.42 Å². The molecule has 1 aliphatic rings. The van der Waals surface area contributed by atoms with Crippen molar-refractivity contribution >= 4 is 10.0 Å². The number of rotatable bonds is 1. The Kier molecular flexibility index (Phi) is 4.89. The first-order valence-electron chi connectivity index (χ1n) is 5.62. The molecule has 1 aliphatic carbocycles. The van der Waals surface area contributed by atoms with E-state index in [4.69, 9.17) is 5.14 Å². The third kappa shape index (κ3) is 4.42. The van der Waals surface area contributed by atoms with Gasteiger partial charge in [0.25, 0.3) is 0 Å². The Labute approximate surface area is 87.1 Å². The van der Waals surface area contributed by atoms with Gasteiger partial charge in [-0.1, -0.05) is 44.9 Å². The van der Waals surface area contributed by atoms with Crippen molar-refractivity contribution in [2.75, 3.05) is 0 Å². The molecule has 0 aliphatic heterocycles. The SMILES string of the molecule is NS(=O)(=O)C1CCCCCCCCC1. The summed E-state index contributed by atoms with van der Waals surface area (Å²) in [5.74, 6) is 0. The summed E-state index contributed by atoms with van der Waals surface area (Å²) in [7, 11) is -3.29. The zero-order valence-corrected chi connectivity index (χ0v) is 9.56. The monoisotopic (exact) mass is 219 g/mol. The lowest BCUT2D eigenvalue weighted by Gasteiger charge is -2.16. The van der Waals surface area contributed by atoms with Gasteiger partial charge in [0.05, 0.1) is 5.25 Å². The van der Waals surface area contributed by atoms with E-state index in [0.717, 1.165) is 38.5 Å². The normalized spacial score (nSPS) is 23.2. The van der Waals surface area contributed by atoms with E-state index in [1.165, 1.54) is 19.3 Å². The van der Waals surface area contributed by atoms with Gasteiger partial charge in [-0.2, -0.15) is 0 Å². The first-order chi connectivity index (χ1) is 6.61. The number of hydrogen-bond acceptors (Lipinski definition) is 2. The number of nitrogens with two attached hydrogens (primary N) is 1. The zero-order valence-electron chi connectivity index (χ0n) is 8.74. The van der Waals surface area contributed by atoms with Crippen molar-refractivity contribution < 1.29 is 8.42 Å². The lowest BCUT2D eigenvalue weighted by Crippen LogP contribution is -2.28. The van der Waals surface area contributed by atoms with Gasteiger partial charge in [-0.05, 0) is 12.8 Å². The van der Waals surface area contributed by atoms with Crippen molar-refractivity contribution in [2.45, 2.75) is 63.0 Å². The fraction of sp³-hybridized carbons (Fsp3) is 1.00. The van der Waals surface area contributed by atoms with Gasteiger partial charge in [0, 0.05) is 0 Å². The maximum atomic E-state index is 11.2. The molecule has 1 saturated carbocycles. The molecule has 1 fully saturated rings. The van der Waals surface area contributed by atoms with Crippen LogP contribution >= 0.6 is 0 Å². The van der Waals surface area contributed by atoms with E-state index < -0.39 is 10.0 Å². The van der Waals surface area contributed by atoms with Gasteiger partial charge in [-0.25, -0.2) is 13.6 Å². The second-order valence-electron chi connectivity index (χ2n) is 4.26.